The third kappa shape index (κ3) is 4.34. The average Bonchev–Trinajstić information content (AvgIpc) is 2.99. The molecule has 7 nitrogen and oxygen atoms in total. The maximum absolute atomic E-state index is 12.5. The van der Waals surface area contributed by atoms with E-state index in [2.05, 4.69) is 5.32 Å². The predicted octanol–water partition coefficient (Wildman–Crippen LogP) is 3.30. The second-order valence-corrected chi connectivity index (χ2v) is 9.05. The summed E-state index contributed by atoms with van der Waals surface area (Å²) in [5, 5.41) is 13.0. The molecule has 2 aromatic carbocycles. The van der Waals surface area contributed by atoms with Crippen molar-refractivity contribution >= 4 is 38.9 Å². The van der Waals surface area contributed by atoms with Crippen LogP contribution in [0.25, 0.3) is 0 Å². The van der Waals surface area contributed by atoms with E-state index in [9.17, 15) is 18.3 Å². The average molecular weight is 425 g/mol. The number of aromatic hydroxyl groups is 1. The van der Waals surface area contributed by atoms with Gasteiger partial charge in [-0.2, -0.15) is 0 Å². The number of phenols is 1. The molecule has 1 aliphatic heterocycles. The molecule has 150 valence electrons. The number of nitrogens with zero attached hydrogens (tertiary/aromatic N) is 1. The third-order valence-electron chi connectivity index (χ3n) is 4.38. The lowest BCUT2D eigenvalue weighted by atomic mass is 10.2. The number of ether oxygens (including phenoxy) is 1. The molecular weight excluding hydrogens is 404 g/mol. The Morgan fingerprint density at radius 2 is 2.04 bits per heavy atom. The molecule has 9 heteroatoms. The summed E-state index contributed by atoms with van der Waals surface area (Å²) in [6.45, 7) is 3.80. The standard InChI is InChI=1S/C19H21ClN2O5S/c1-12-4-6-15(20)18(10-12)27-13(2)19(24)21-16-11-14(5-7-17(16)23)22-8-3-9-28(22,25)26/h4-7,10-11,13,23H,3,8-9H2,1-2H3,(H,21,24). The molecule has 1 atom stereocenters. The Balaban J connectivity index is 1.76. The molecule has 28 heavy (non-hydrogen) atoms. The third-order valence-corrected chi connectivity index (χ3v) is 6.57. The van der Waals surface area contributed by atoms with Crippen LogP contribution in [0.3, 0.4) is 0 Å². The van der Waals surface area contributed by atoms with E-state index in [1.54, 1.807) is 19.1 Å². The molecule has 1 aliphatic rings. The van der Waals surface area contributed by atoms with Crippen molar-refractivity contribution in [2.24, 2.45) is 0 Å². The van der Waals surface area contributed by atoms with Crippen molar-refractivity contribution in [3.05, 3.63) is 47.0 Å². The summed E-state index contributed by atoms with van der Waals surface area (Å²) in [7, 11) is -3.36. The lowest BCUT2D eigenvalue weighted by Crippen LogP contribution is -2.30. The summed E-state index contributed by atoms with van der Waals surface area (Å²) in [6.07, 6.45) is -0.356. The summed E-state index contributed by atoms with van der Waals surface area (Å²) in [6, 6.07) is 9.52. The Labute approximate surface area is 168 Å². The van der Waals surface area contributed by atoms with Gasteiger partial charge in [0.1, 0.15) is 11.5 Å². The van der Waals surface area contributed by atoms with Crippen LogP contribution >= 0.6 is 11.6 Å². The highest BCUT2D eigenvalue weighted by molar-refractivity contribution is 7.93. The number of aryl methyl sites for hydroxylation is 1. The van der Waals surface area contributed by atoms with Crippen LogP contribution in [0.15, 0.2) is 36.4 Å². The zero-order valence-electron chi connectivity index (χ0n) is 15.5. The number of carbonyl (C=O) groups excluding carboxylic acids is 1. The minimum absolute atomic E-state index is 0.0810. The van der Waals surface area contributed by atoms with Gasteiger partial charge in [0.2, 0.25) is 10.0 Å². The Bertz CT molecular complexity index is 1010. The van der Waals surface area contributed by atoms with Gasteiger partial charge in [0, 0.05) is 6.54 Å². The van der Waals surface area contributed by atoms with E-state index >= 15 is 0 Å². The Hall–Kier alpha value is -2.45. The van der Waals surface area contributed by atoms with Crippen molar-refractivity contribution in [1.29, 1.82) is 0 Å². The van der Waals surface area contributed by atoms with Crippen LogP contribution in [0.1, 0.15) is 18.9 Å². The molecule has 3 rings (SSSR count). The van der Waals surface area contributed by atoms with Crippen molar-refractivity contribution < 1.29 is 23.1 Å². The molecule has 0 bridgehead atoms. The van der Waals surface area contributed by atoms with E-state index in [4.69, 9.17) is 16.3 Å². The molecule has 0 aromatic heterocycles. The van der Waals surface area contributed by atoms with Gasteiger partial charge in [-0.25, -0.2) is 8.42 Å². The molecule has 2 N–H and O–H groups in total. The fourth-order valence-electron chi connectivity index (χ4n) is 2.89. The van der Waals surface area contributed by atoms with Crippen LogP contribution in [0.5, 0.6) is 11.5 Å². The number of benzene rings is 2. The van der Waals surface area contributed by atoms with Gasteiger partial charge in [-0.15, -0.1) is 0 Å². The van der Waals surface area contributed by atoms with Crippen molar-refractivity contribution in [3.63, 3.8) is 0 Å². The van der Waals surface area contributed by atoms with E-state index in [-0.39, 0.29) is 17.2 Å². The van der Waals surface area contributed by atoms with E-state index in [1.165, 1.54) is 22.5 Å². The highest BCUT2D eigenvalue weighted by atomic mass is 35.5. The number of amides is 1. The van der Waals surface area contributed by atoms with Crippen LogP contribution in [0.4, 0.5) is 11.4 Å². The molecule has 0 aliphatic carbocycles. The first-order chi connectivity index (χ1) is 13.2. The Kier molecular flexibility index (Phi) is 5.71. The van der Waals surface area contributed by atoms with Crippen molar-refractivity contribution in [2.75, 3.05) is 21.9 Å². The van der Waals surface area contributed by atoms with Crippen LogP contribution in [-0.4, -0.2) is 37.8 Å². The lowest BCUT2D eigenvalue weighted by molar-refractivity contribution is -0.122. The minimum Gasteiger partial charge on any atom is -0.506 e. The van der Waals surface area contributed by atoms with Gasteiger partial charge in [0.15, 0.2) is 6.10 Å². The summed E-state index contributed by atoms with van der Waals surface area (Å²) in [5.41, 5.74) is 1.43. The fourth-order valence-corrected chi connectivity index (χ4v) is 4.61. The molecule has 1 saturated heterocycles. The second kappa shape index (κ2) is 7.89. The van der Waals surface area contributed by atoms with E-state index < -0.39 is 22.0 Å². The number of hydrogen-bond acceptors (Lipinski definition) is 5. The summed E-state index contributed by atoms with van der Waals surface area (Å²) in [4.78, 5) is 12.5. The van der Waals surface area contributed by atoms with Gasteiger partial charge in [-0.1, -0.05) is 17.7 Å². The normalized spacial score (nSPS) is 16.6. The van der Waals surface area contributed by atoms with Gasteiger partial charge < -0.3 is 15.2 Å². The van der Waals surface area contributed by atoms with Gasteiger partial charge in [0.05, 0.1) is 22.2 Å². The smallest absolute Gasteiger partial charge is 0.265 e. The lowest BCUT2D eigenvalue weighted by Gasteiger charge is -2.20. The maximum Gasteiger partial charge on any atom is 0.265 e. The van der Waals surface area contributed by atoms with Gasteiger partial charge in [-0.05, 0) is 56.2 Å². The van der Waals surface area contributed by atoms with E-state index in [0.717, 1.165) is 5.56 Å². The number of rotatable bonds is 5. The zero-order valence-corrected chi connectivity index (χ0v) is 17.0. The van der Waals surface area contributed by atoms with E-state index in [1.807, 2.05) is 13.0 Å². The molecular formula is C19H21ClN2O5S. The monoisotopic (exact) mass is 424 g/mol. The molecule has 1 fully saturated rings. The second-order valence-electron chi connectivity index (χ2n) is 6.63. The first-order valence-corrected chi connectivity index (χ1v) is 10.7. The highest BCUT2D eigenvalue weighted by Crippen LogP contribution is 2.32. The van der Waals surface area contributed by atoms with Gasteiger partial charge in [-0.3, -0.25) is 9.10 Å². The van der Waals surface area contributed by atoms with Crippen molar-refractivity contribution in [2.45, 2.75) is 26.4 Å². The van der Waals surface area contributed by atoms with Gasteiger partial charge in [0.25, 0.3) is 5.91 Å². The molecule has 1 amide bonds. The predicted molar refractivity (Wildman–Crippen MR) is 109 cm³/mol. The van der Waals surface area contributed by atoms with Gasteiger partial charge >= 0.3 is 0 Å². The number of phenolic OH excluding ortho intramolecular Hbond substituents is 1. The van der Waals surface area contributed by atoms with Crippen molar-refractivity contribution in [1.82, 2.24) is 0 Å². The first kappa shape index (κ1) is 20.3. The summed E-state index contributed by atoms with van der Waals surface area (Å²) >= 11 is 6.09. The Morgan fingerprint density at radius 1 is 1.29 bits per heavy atom. The van der Waals surface area contributed by atoms with Crippen LogP contribution in [0, 0.1) is 6.92 Å². The first-order valence-electron chi connectivity index (χ1n) is 8.74. The molecule has 2 aromatic rings. The summed E-state index contributed by atoms with van der Waals surface area (Å²) in [5.74, 6) is -0.216. The maximum atomic E-state index is 12.5. The van der Waals surface area contributed by atoms with Crippen molar-refractivity contribution in [3.8, 4) is 11.5 Å². The highest BCUT2D eigenvalue weighted by Gasteiger charge is 2.29. The van der Waals surface area contributed by atoms with E-state index in [0.29, 0.717) is 29.4 Å². The SMILES string of the molecule is Cc1ccc(Cl)c(OC(C)C(=O)Nc2cc(N3CCCS3(=O)=O)ccc2O)c1. The van der Waals surface area contributed by atoms with Crippen LogP contribution in [-0.2, 0) is 14.8 Å². The molecule has 1 heterocycles. The summed E-state index contributed by atoms with van der Waals surface area (Å²) < 4.78 is 31.1. The number of sulfonamides is 1. The molecule has 0 saturated carbocycles. The molecule has 0 radical (unpaired) electrons. The number of halogens is 1. The molecule has 1 unspecified atom stereocenters. The largest absolute Gasteiger partial charge is 0.506 e. The fraction of sp³-hybridized carbons (Fsp3) is 0.316. The number of nitrogens with one attached hydrogen (secondary N) is 1. The number of anilines is 2. The quantitative estimate of drug-likeness (QED) is 0.718. The topological polar surface area (TPSA) is 95.9 Å². The van der Waals surface area contributed by atoms with Crippen LogP contribution in [0.2, 0.25) is 5.02 Å². The Morgan fingerprint density at radius 3 is 2.71 bits per heavy atom. The molecule has 0 spiro atoms. The number of hydrogen-bond donors (Lipinski definition) is 2. The minimum atomic E-state index is -3.36. The zero-order chi connectivity index (χ0) is 20.5. The number of carbonyl (C=O) groups is 1. The van der Waals surface area contributed by atoms with Crippen LogP contribution < -0.4 is 14.4 Å².